The van der Waals surface area contributed by atoms with Crippen LogP contribution in [0.4, 0.5) is 34.8 Å². The lowest BCUT2D eigenvalue weighted by atomic mass is 10.1. The first-order chi connectivity index (χ1) is 20.1. The van der Waals surface area contributed by atoms with Gasteiger partial charge < -0.3 is 19.5 Å². The molecular formula is C31H36F2N4O7. The van der Waals surface area contributed by atoms with Gasteiger partial charge in [-0.25, -0.2) is 32.7 Å². The molecule has 2 aromatic carbocycles. The molecule has 3 aromatic rings. The summed E-state index contributed by atoms with van der Waals surface area (Å²) in [5.74, 6) is -2.99. The van der Waals surface area contributed by atoms with Crippen LogP contribution in [0.1, 0.15) is 72.7 Å². The van der Waals surface area contributed by atoms with Gasteiger partial charge in [0.05, 0.1) is 11.9 Å². The Morgan fingerprint density at radius 3 is 1.68 bits per heavy atom. The molecule has 13 heteroatoms. The maximum atomic E-state index is 13.6. The van der Waals surface area contributed by atoms with Gasteiger partial charge in [-0.1, -0.05) is 12.1 Å². The molecule has 1 N–H and O–H groups in total. The number of anilines is 2. The Bertz CT molecular complexity index is 1520. The molecule has 44 heavy (non-hydrogen) atoms. The van der Waals surface area contributed by atoms with Crippen LogP contribution in [0.25, 0.3) is 11.3 Å². The zero-order valence-electron chi connectivity index (χ0n) is 26.1. The Balaban J connectivity index is 2.08. The minimum absolute atomic E-state index is 0.122. The largest absolute Gasteiger partial charge is 0.443 e. The Labute approximate surface area is 254 Å². The molecule has 0 bridgehead atoms. The van der Waals surface area contributed by atoms with E-state index in [1.807, 2.05) is 0 Å². The molecule has 0 atom stereocenters. The highest BCUT2D eigenvalue weighted by Gasteiger charge is 2.38. The Hall–Kier alpha value is -4.81. The van der Waals surface area contributed by atoms with Gasteiger partial charge in [0.15, 0.2) is 0 Å². The van der Waals surface area contributed by atoms with Gasteiger partial charge in [-0.05, 0) is 86.6 Å². The van der Waals surface area contributed by atoms with Crippen LogP contribution in [-0.4, -0.2) is 50.5 Å². The predicted octanol–water partition coefficient (Wildman–Crippen LogP) is 7.54. The predicted molar refractivity (Wildman–Crippen MR) is 159 cm³/mol. The minimum atomic E-state index is -1.14. The normalized spacial score (nSPS) is 11.9. The summed E-state index contributed by atoms with van der Waals surface area (Å²) in [6.45, 7) is 14.6. The van der Waals surface area contributed by atoms with Gasteiger partial charge in [-0.2, -0.15) is 0 Å². The summed E-state index contributed by atoms with van der Waals surface area (Å²) in [5.41, 5.74) is -2.44. The molecule has 1 aromatic heterocycles. The second kappa shape index (κ2) is 12.4. The van der Waals surface area contributed by atoms with Crippen molar-refractivity contribution in [1.82, 2.24) is 9.55 Å². The van der Waals surface area contributed by atoms with Crippen LogP contribution in [0, 0.1) is 11.6 Å². The van der Waals surface area contributed by atoms with Crippen LogP contribution in [-0.2, 0) is 14.2 Å². The van der Waals surface area contributed by atoms with Crippen LogP contribution in [0.2, 0.25) is 0 Å². The van der Waals surface area contributed by atoms with E-state index in [1.165, 1.54) is 30.5 Å². The summed E-state index contributed by atoms with van der Waals surface area (Å²) < 4.78 is 44.5. The Kier molecular flexibility index (Phi) is 9.52. The van der Waals surface area contributed by atoms with E-state index < -0.39 is 58.6 Å². The molecule has 11 nitrogen and oxygen atoms in total. The number of rotatable bonds is 4. The maximum absolute atomic E-state index is 13.6. The molecule has 0 fully saturated rings. The van der Waals surface area contributed by atoms with E-state index in [2.05, 4.69) is 10.3 Å². The minimum Gasteiger partial charge on any atom is -0.443 e. The fraction of sp³-hybridized carbons (Fsp3) is 0.387. The lowest BCUT2D eigenvalue weighted by Gasteiger charge is -2.28. The fourth-order valence-corrected chi connectivity index (χ4v) is 3.66. The summed E-state index contributed by atoms with van der Waals surface area (Å²) in [6, 6.07) is 8.45. The Morgan fingerprint density at radius 2 is 1.23 bits per heavy atom. The molecule has 0 saturated carbocycles. The zero-order chi connectivity index (χ0) is 33.2. The van der Waals surface area contributed by atoms with Gasteiger partial charge >= 0.3 is 18.3 Å². The summed E-state index contributed by atoms with van der Waals surface area (Å²) in [6.07, 6.45) is -1.98. The second-order valence-electron chi connectivity index (χ2n) is 12.7. The van der Waals surface area contributed by atoms with Gasteiger partial charge in [0.25, 0.3) is 5.91 Å². The quantitative estimate of drug-likeness (QED) is 0.299. The van der Waals surface area contributed by atoms with Gasteiger partial charge in [-0.15, -0.1) is 4.90 Å². The van der Waals surface area contributed by atoms with Crippen LogP contribution >= 0.6 is 0 Å². The number of halogens is 2. The highest BCUT2D eigenvalue weighted by molar-refractivity contribution is 6.09. The summed E-state index contributed by atoms with van der Waals surface area (Å²) in [5, 5.41) is 2.54. The SMILES string of the molecule is CC(C)(C)OC(=O)N(C(=O)OC(C)(C)C)c1ncc(-c2ccc(NC(=O)c3cc(F)cc(F)c3)cc2)n1C(=O)OC(C)(C)C. The van der Waals surface area contributed by atoms with Crippen molar-refractivity contribution < 1.29 is 42.2 Å². The van der Waals surface area contributed by atoms with Crippen LogP contribution in [0.3, 0.4) is 0 Å². The molecule has 0 aliphatic heterocycles. The molecule has 0 radical (unpaired) electrons. The van der Waals surface area contributed by atoms with Crippen molar-refractivity contribution in [3.8, 4) is 11.3 Å². The Morgan fingerprint density at radius 1 is 0.750 bits per heavy atom. The lowest BCUT2D eigenvalue weighted by Crippen LogP contribution is -2.45. The third-order valence-corrected chi connectivity index (χ3v) is 5.23. The van der Waals surface area contributed by atoms with Gasteiger partial charge in [0.1, 0.15) is 28.4 Å². The van der Waals surface area contributed by atoms with Crippen molar-refractivity contribution in [2.45, 2.75) is 79.1 Å². The zero-order valence-corrected chi connectivity index (χ0v) is 26.1. The third kappa shape index (κ3) is 9.09. The number of amides is 3. The maximum Gasteiger partial charge on any atom is 0.427 e. The number of carbonyl (C=O) groups is 4. The molecule has 3 amide bonds. The standard InChI is InChI=1S/C31H36F2N4O7/c1-29(2,3)42-26(39)36-23(17-34-25(36)37(27(40)43-30(4,5)6)28(41)44-31(7,8)9)18-10-12-22(13-11-18)35-24(38)19-14-20(32)16-21(33)15-19/h10-17H,1-9H3,(H,35,38). The molecule has 0 saturated heterocycles. The number of carbonyl (C=O) groups excluding carboxylic acids is 4. The number of aromatic nitrogens is 2. The van der Waals surface area contributed by atoms with Crippen molar-refractivity contribution in [2.75, 3.05) is 10.2 Å². The van der Waals surface area contributed by atoms with Gasteiger partial charge in [0.2, 0.25) is 5.95 Å². The number of imide groups is 1. The van der Waals surface area contributed by atoms with Crippen molar-refractivity contribution in [3.05, 3.63) is 65.9 Å². The van der Waals surface area contributed by atoms with Gasteiger partial charge in [-0.3, -0.25) is 4.79 Å². The molecule has 0 unspecified atom stereocenters. The molecule has 236 valence electrons. The number of nitrogens with one attached hydrogen (secondary N) is 1. The number of benzene rings is 2. The van der Waals surface area contributed by atoms with Crippen LogP contribution in [0.5, 0.6) is 0 Å². The summed E-state index contributed by atoms with van der Waals surface area (Å²) >= 11 is 0. The highest BCUT2D eigenvalue weighted by atomic mass is 19.1. The summed E-state index contributed by atoms with van der Waals surface area (Å²) in [7, 11) is 0. The highest BCUT2D eigenvalue weighted by Crippen LogP contribution is 2.30. The average Bonchev–Trinajstić information content (AvgIpc) is 3.25. The van der Waals surface area contributed by atoms with E-state index in [-0.39, 0.29) is 16.9 Å². The number of nitrogens with zero attached hydrogens (tertiary/aromatic N) is 3. The van der Waals surface area contributed by atoms with E-state index in [9.17, 15) is 28.0 Å². The lowest BCUT2D eigenvalue weighted by molar-refractivity contribution is 0.0423. The van der Waals surface area contributed by atoms with E-state index in [4.69, 9.17) is 14.2 Å². The van der Waals surface area contributed by atoms with E-state index in [1.54, 1.807) is 62.3 Å². The fourth-order valence-electron chi connectivity index (χ4n) is 3.66. The number of ether oxygens (including phenoxy) is 3. The molecule has 3 rings (SSSR count). The van der Waals surface area contributed by atoms with E-state index in [0.29, 0.717) is 16.5 Å². The topological polar surface area (TPSA) is 129 Å². The number of imidazole rings is 1. The van der Waals surface area contributed by atoms with Crippen LogP contribution < -0.4 is 10.2 Å². The molecule has 0 aliphatic carbocycles. The smallest absolute Gasteiger partial charge is 0.427 e. The number of hydrogen-bond acceptors (Lipinski definition) is 8. The van der Waals surface area contributed by atoms with Gasteiger partial charge in [0, 0.05) is 22.9 Å². The molecule has 0 spiro atoms. The van der Waals surface area contributed by atoms with E-state index in [0.717, 1.165) is 16.7 Å². The second-order valence-corrected chi connectivity index (χ2v) is 12.7. The molecular weight excluding hydrogens is 578 g/mol. The van der Waals surface area contributed by atoms with Crippen LogP contribution in [0.15, 0.2) is 48.7 Å². The monoisotopic (exact) mass is 614 g/mol. The first kappa shape index (κ1) is 33.7. The first-order valence-electron chi connectivity index (χ1n) is 13.6. The summed E-state index contributed by atoms with van der Waals surface area (Å²) in [4.78, 5) is 57.4. The van der Waals surface area contributed by atoms with E-state index >= 15 is 0 Å². The van der Waals surface area contributed by atoms with Crippen molar-refractivity contribution >= 4 is 35.8 Å². The van der Waals surface area contributed by atoms with Crippen molar-refractivity contribution in [2.24, 2.45) is 0 Å². The number of hydrogen-bond donors (Lipinski definition) is 1. The third-order valence-electron chi connectivity index (χ3n) is 5.23. The average molecular weight is 615 g/mol. The van der Waals surface area contributed by atoms with Crippen molar-refractivity contribution in [3.63, 3.8) is 0 Å². The first-order valence-corrected chi connectivity index (χ1v) is 13.6. The molecule has 1 heterocycles. The molecule has 0 aliphatic rings. The van der Waals surface area contributed by atoms with Crippen molar-refractivity contribution in [1.29, 1.82) is 0 Å².